The summed E-state index contributed by atoms with van der Waals surface area (Å²) in [6.07, 6.45) is 2.60. The summed E-state index contributed by atoms with van der Waals surface area (Å²) in [6, 6.07) is 5.98. The molecule has 3 aliphatic carbocycles. The first-order valence-electron chi connectivity index (χ1n) is 17.2. The van der Waals surface area contributed by atoms with E-state index >= 15 is 4.79 Å². The summed E-state index contributed by atoms with van der Waals surface area (Å²) in [6.45, 7) is 21.3. The van der Waals surface area contributed by atoms with E-state index in [9.17, 15) is 19.8 Å². The number of phenols is 1. The van der Waals surface area contributed by atoms with Crippen LogP contribution in [-0.4, -0.2) is 57.3 Å². The summed E-state index contributed by atoms with van der Waals surface area (Å²) in [4.78, 5) is 42.1. The SMILES string of the molecule is C=CC(C)(C)c1c2c(c(O)c3c1OC(C)(C)c1ccc(C)cc1-3)C(=O)[C@H]1[C@H](OCC)[C@@H]3C(=O)[C@@]4(CC=C(C)C(=O)O)OC(C)(C)[C@@H]3C[C@@]14O2. The molecule has 3 saturated carbocycles. The number of ether oxygens (including phenoxy) is 4. The van der Waals surface area contributed by atoms with E-state index in [1.165, 1.54) is 13.0 Å². The third-order valence-corrected chi connectivity index (χ3v) is 12.0. The monoisotopic (exact) mass is 670 g/mol. The van der Waals surface area contributed by atoms with Crippen LogP contribution < -0.4 is 9.47 Å². The molecule has 2 saturated heterocycles. The van der Waals surface area contributed by atoms with E-state index in [0.717, 1.165) is 16.7 Å². The first kappa shape index (κ1) is 33.5. The minimum Gasteiger partial charge on any atom is -0.506 e. The fourth-order valence-corrected chi connectivity index (χ4v) is 9.59. The lowest BCUT2D eigenvalue weighted by Gasteiger charge is -2.72. The molecule has 260 valence electrons. The number of phenolic OH excluding ortho intramolecular Hbond substituents is 1. The number of aromatic hydroxyl groups is 1. The third kappa shape index (κ3) is 4.15. The number of ketones is 2. The molecular weight excluding hydrogens is 624 g/mol. The Morgan fingerprint density at radius 2 is 1.80 bits per heavy atom. The van der Waals surface area contributed by atoms with Gasteiger partial charge in [-0.15, -0.1) is 6.58 Å². The van der Waals surface area contributed by atoms with Crippen molar-refractivity contribution in [2.75, 3.05) is 6.61 Å². The van der Waals surface area contributed by atoms with E-state index in [1.54, 1.807) is 6.08 Å². The van der Waals surface area contributed by atoms with Gasteiger partial charge in [0.05, 0.1) is 29.1 Å². The molecule has 9 rings (SSSR count). The molecule has 4 heterocycles. The van der Waals surface area contributed by atoms with Gasteiger partial charge in [0.2, 0.25) is 0 Å². The van der Waals surface area contributed by atoms with Crippen molar-refractivity contribution < 1.29 is 43.5 Å². The zero-order valence-corrected chi connectivity index (χ0v) is 29.8. The van der Waals surface area contributed by atoms with Crippen LogP contribution in [-0.2, 0) is 30.1 Å². The zero-order valence-electron chi connectivity index (χ0n) is 29.8. The van der Waals surface area contributed by atoms with E-state index in [4.69, 9.17) is 18.9 Å². The molecule has 4 bridgehead atoms. The second kappa shape index (κ2) is 10.3. The van der Waals surface area contributed by atoms with Crippen molar-refractivity contribution in [3.05, 3.63) is 64.8 Å². The Hall–Kier alpha value is -3.95. The number of benzene rings is 2. The maximum absolute atomic E-state index is 15.4. The Kier molecular flexibility index (Phi) is 7.05. The van der Waals surface area contributed by atoms with Crippen LogP contribution in [0.15, 0.2) is 42.5 Å². The molecule has 4 aliphatic heterocycles. The third-order valence-electron chi connectivity index (χ3n) is 12.0. The van der Waals surface area contributed by atoms with Crippen LogP contribution in [0.5, 0.6) is 17.2 Å². The summed E-state index contributed by atoms with van der Waals surface area (Å²) in [5, 5.41) is 22.1. The molecule has 0 aromatic heterocycles. The van der Waals surface area contributed by atoms with Crippen LogP contribution in [0.3, 0.4) is 0 Å². The lowest BCUT2D eigenvalue weighted by molar-refractivity contribution is -0.347. The Morgan fingerprint density at radius 3 is 2.43 bits per heavy atom. The van der Waals surface area contributed by atoms with Gasteiger partial charge in [0.25, 0.3) is 0 Å². The molecular formula is C40H46O9. The largest absolute Gasteiger partial charge is 0.506 e. The van der Waals surface area contributed by atoms with Crippen molar-refractivity contribution in [2.24, 2.45) is 17.8 Å². The molecule has 9 nitrogen and oxygen atoms in total. The quantitative estimate of drug-likeness (QED) is 0.237. The van der Waals surface area contributed by atoms with Gasteiger partial charge in [0, 0.05) is 41.1 Å². The lowest BCUT2D eigenvalue weighted by atomic mass is 9.42. The maximum atomic E-state index is 15.4. The Morgan fingerprint density at radius 1 is 1.12 bits per heavy atom. The van der Waals surface area contributed by atoms with Crippen molar-refractivity contribution >= 4 is 17.5 Å². The van der Waals surface area contributed by atoms with Crippen molar-refractivity contribution in [3.8, 4) is 28.4 Å². The number of carbonyl (C=O) groups excluding carboxylic acids is 2. The molecule has 5 fully saturated rings. The molecule has 6 atom stereocenters. The summed E-state index contributed by atoms with van der Waals surface area (Å²) >= 11 is 0. The Labute approximate surface area is 287 Å². The number of Topliss-reactive ketones (excluding diaryl/α,β-unsaturated/α-hetero) is 2. The molecule has 9 heteroatoms. The van der Waals surface area contributed by atoms with Crippen LogP contribution in [0, 0.1) is 24.7 Å². The van der Waals surface area contributed by atoms with Crippen LogP contribution in [0.25, 0.3) is 11.1 Å². The molecule has 1 spiro atoms. The first-order chi connectivity index (χ1) is 22.8. The van der Waals surface area contributed by atoms with Crippen LogP contribution in [0.2, 0.25) is 0 Å². The van der Waals surface area contributed by atoms with Crippen LogP contribution in [0.1, 0.15) is 95.3 Å². The van der Waals surface area contributed by atoms with Crippen molar-refractivity contribution in [2.45, 2.75) is 109 Å². The van der Waals surface area contributed by atoms with Crippen LogP contribution in [0.4, 0.5) is 0 Å². The van der Waals surface area contributed by atoms with Gasteiger partial charge in [-0.2, -0.15) is 0 Å². The number of carbonyl (C=O) groups is 3. The second-order valence-electron chi connectivity index (χ2n) is 16.1. The number of aryl methyl sites for hydroxylation is 1. The molecule has 0 radical (unpaired) electrons. The highest BCUT2D eigenvalue weighted by atomic mass is 16.6. The van der Waals surface area contributed by atoms with Gasteiger partial charge >= 0.3 is 5.97 Å². The van der Waals surface area contributed by atoms with E-state index in [2.05, 4.69) is 6.58 Å². The van der Waals surface area contributed by atoms with Gasteiger partial charge in [0.15, 0.2) is 22.8 Å². The predicted molar refractivity (Wildman–Crippen MR) is 182 cm³/mol. The number of rotatable bonds is 7. The average molecular weight is 671 g/mol. The van der Waals surface area contributed by atoms with Crippen LogP contribution >= 0.6 is 0 Å². The Balaban J connectivity index is 1.58. The molecule has 0 unspecified atom stereocenters. The molecule has 49 heavy (non-hydrogen) atoms. The van der Waals surface area contributed by atoms with Gasteiger partial charge in [-0.25, -0.2) is 4.79 Å². The lowest BCUT2D eigenvalue weighted by Crippen LogP contribution is -2.87. The highest BCUT2D eigenvalue weighted by Gasteiger charge is 2.83. The van der Waals surface area contributed by atoms with E-state index in [0.29, 0.717) is 23.3 Å². The maximum Gasteiger partial charge on any atom is 0.330 e. The summed E-state index contributed by atoms with van der Waals surface area (Å²) in [5.74, 6) is -3.57. The highest BCUT2D eigenvalue weighted by molar-refractivity contribution is 6.11. The fraction of sp³-hybridized carbons (Fsp3) is 0.525. The van der Waals surface area contributed by atoms with Gasteiger partial charge in [0.1, 0.15) is 28.4 Å². The minimum absolute atomic E-state index is 0.0160. The number of allylic oxidation sites excluding steroid dienone is 1. The van der Waals surface area contributed by atoms with Crippen molar-refractivity contribution in [3.63, 3.8) is 0 Å². The highest BCUT2D eigenvalue weighted by Crippen LogP contribution is 2.70. The summed E-state index contributed by atoms with van der Waals surface area (Å²) in [7, 11) is 0. The first-order valence-corrected chi connectivity index (χ1v) is 17.2. The minimum atomic E-state index is -1.71. The summed E-state index contributed by atoms with van der Waals surface area (Å²) < 4.78 is 27.3. The zero-order chi connectivity index (χ0) is 35.8. The number of aliphatic carboxylic acids is 1. The topological polar surface area (TPSA) is 129 Å². The predicted octanol–water partition coefficient (Wildman–Crippen LogP) is 6.98. The van der Waals surface area contributed by atoms with Gasteiger partial charge in [-0.05, 0) is 60.5 Å². The van der Waals surface area contributed by atoms with Crippen molar-refractivity contribution in [1.82, 2.24) is 0 Å². The standard InChI is InChI=1S/C40H46O9/c1-11-36(5,6)28-32-24(21-17-19(3)13-14-22(21)37(7,8)47-32)29(41)26-30(42)27-31(46-12-2)25-23-18-40(27,48-33(26)28)39(34(25)43,49-38(23,9)10)16-15-20(4)35(44)45/h11,13-15,17,23,25,27,31,41H,1,12,16,18H2,2-10H3,(H,44,45)/t23-,25-,27+,31-,39-,40-/m1/s1. The van der Waals surface area contributed by atoms with Crippen molar-refractivity contribution in [1.29, 1.82) is 0 Å². The molecule has 2 aromatic rings. The average Bonchev–Trinajstić information content (AvgIpc) is 3.00. The second-order valence-corrected chi connectivity index (χ2v) is 16.1. The Bertz CT molecular complexity index is 1900. The van der Waals surface area contributed by atoms with Gasteiger partial charge in [-0.1, -0.05) is 49.8 Å². The molecule has 7 aliphatic rings. The van der Waals surface area contributed by atoms with Gasteiger partial charge < -0.3 is 29.2 Å². The smallest absolute Gasteiger partial charge is 0.330 e. The van der Waals surface area contributed by atoms with E-state index in [-0.39, 0.29) is 47.4 Å². The van der Waals surface area contributed by atoms with E-state index in [1.807, 2.05) is 73.6 Å². The number of carboxylic acids is 1. The molecule has 2 aromatic carbocycles. The number of fused-ring (bicyclic) bond motifs is 5. The normalized spacial score (nSPS) is 31.6. The number of hydrogen-bond donors (Lipinski definition) is 2. The molecule has 2 N–H and O–H groups in total. The fourth-order valence-electron chi connectivity index (χ4n) is 9.59. The van der Waals surface area contributed by atoms with Gasteiger partial charge in [-0.3, -0.25) is 9.59 Å². The summed E-state index contributed by atoms with van der Waals surface area (Å²) in [5.41, 5.74) is -2.12. The number of carboxylic acid groups (broad SMARTS) is 1. The molecule has 0 amide bonds. The number of hydrogen-bond acceptors (Lipinski definition) is 8. The van der Waals surface area contributed by atoms with E-state index < -0.39 is 57.5 Å².